The van der Waals surface area contributed by atoms with Gasteiger partial charge in [0.1, 0.15) is 0 Å². The standard InChI is InChI=1S/C15H23N3O2/c1-3-19-13-9-15(20-10-13)7-4-8-18(11-15)14-6-5-12(2)16-17-14/h5-6,13H,3-4,7-11H2,1-2H3/t13-,15+/m1/s1. The average molecular weight is 277 g/mol. The SMILES string of the molecule is CCO[C@H]1CO[C@@]2(CCCN(c3ccc(C)nn3)C2)C1. The summed E-state index contributed by atoms with van der Waals surface area (Å²) < 4.78 is 11.8. The maximum Gasteiger partial charge on any atom is 0.151 e. The summed E-state index contributed by atoms with van der Waals surface area (Å²) in [6, 6.07) is 4.07. The minimum Gasteiger partial charge on any atom is -0.376 e. The first kappa shape index (κ1) is 13.8. The maximum absolute atomic E-state index is 6.11. The van der Waals surface area contributed by atoms with E-state index in [0.29, 0.717) is 0 Å². The molecule has 0 aromatic carbocycles. The highest BCUT2D eigenvalue weighted by molar-refractivity contribution is 5.38. The largest absolute Gasteiger partial charge is 0.376 e. The number of ether oxygens (including phenoxy) is 2. The molecule has 1 spiro atoms. The molecule has 110 valence electrons. The number of aryl methyl sites for hydroxylation is 1. The highest BCUT2D eigenvalue weighted by Crippen LogP contribution is 2.36. The van der Waals surface area contributed by atoms with Crippen molar-refractivity contribution in [1.29, 1.82) is 0 Å². The quantitative estimate of drug-likeness (QED) is 0.845. The lowest BCUT2D eigenvalue weighted by Crippen LogP contribution is -2.48. The average Bonchev–Trinajstić information content (AvgIpc) is 2.83. The Balaban J connectivity index is 1.69. The summed E-state index contributed by atoms with van der Waals surface area (Å²) in [5.41, 5.74) is 0.902. The van der Waals surface area contributed by atoms with Gasteiger partial charge in [-0.15, -0.1) is 5.10 Å². The van der Waals surface area contributed by atoms with Crippen molar-refractivity contribution in [2.75, 3.05) is 31.2 Å². The Labute approximate surface area is 120 Å². The van der Waals surface area contributed by atoms with Crippen molar-refractivity contribution < 1.29 is 9.47 Å². The fraction of sp³-hybridized carbons (Fsp3) is 0.733. The zero-order valence-electron chi connectivity index (χ0n) is 12.3. The smallest absolute Gasteiger partial charge is 0.151 e. The van der Waals surface area contributed by atoms with Gasteiger partial charge in [-0.05, 0) is 38.8 Å². The third-order valence-corrected chi connectivity index (χ3v) is 4.22. The number of rotatable bonds is 3. The molecule has 0 saturated carbocycles. The fourth-order valence-electron chi connectivity index (χ4n) is 3.28. The molecule has 5 heteroatoms. The second-order valence-corrected chi connectivity index (χ2v) is 5.83. The van der Waals surface area contributed by atoms with E-state index < -0.39 is 0 Å². The van der Waals surface area contributed by atoms with Crippen molar-refractivity contribution in [3.8, 4) is 0 Å². The molecule has 0 unspecified atom stereocenters. The predicted octanol–water partition coefficient (Wildman–Crippen LogP) is 1.95. The first-order chi connectivity index (χ1) is 9.71. The van der Waals surface area contributed by atoms with Gasteiger partial charge in [-0.1, -0.05) is 0 Å². The summed E-state index contributed by atoms with van der Waals surface area (Å²) in [5, 5.41) is 8.46. The van der Waals surface area contributed by atoms with Gasteiger partial charge in [0.2, 0.25) is 0 Å². The van der Waals surface area contributed by atoms with Crippen LogP contribution in [-0.2, 0) is 9.47 Å². The van der Waals surface area contributed by atoms with Crippen LogP contribution >= 0.6 is 0 Å². The molecule has 0 amide bonds. The molecule has 3 rings (SSSR count). The molecule has 1 aromatic rings. The lowest BCUT2D eigenvalue weighted by molar-refractivity contribution is -0.0118. The lowest BCUT2D eigenvalue weighted by atomic mass is 9.89. The third kappa shape index (κ3) is 2.79. The van der Waals surface area contributed by atoms with E-state index in [9.17, 15) is 0 Å². The van der Waals surface area contributed by atoms with Gasteiger partial charge in [0, 0.05) is 26.1 Å². The van der Waals surface area contributed by atoms with Crippen molar-refractivity contribution in [1.82, 2.24) is 10.2 Å². The Morgan fingerprint density at radius 3 is 3.10 bits per heavy atom. The van der Waals surface area contributed by atoms with E-state index in [2.05, 4.69) is 21.2 Å². The molecule has 20 heavy (non-hydrogen) atoms. The Kier molecular flexibility index (Phi) is 3.89. The monoisotopic (exact) mass is 277 g/mol. The maximum atomic E-state index is 6.11. The first-order valence-corrected chi connectivity index (χ1v) is 7.52. The van der Waals surface area contributed by atoms with Crippen LogP contribution in [0.3, 0.4) is 0 Å². The van der Waals surface area contributed by atoms with Crippen molar-refractivity contribution in [2.24, 2.45) is 0 Å². The number of piperidine rings is 1. The lowest BCUT2D eigenvalue weighted by Gasteiger charge is -2.40. The predicted molar refractivity (Wildman–Crippen MR) is 76.9 cm³/mol. The number of anilines is 1. The summed E-state index contributed by atoms with van der Waals surface area (Å²) in [5.74, 6) is 0.957. The zero-order valence-corrected chi connectivity index (χ0v) is 12.3. The molecule has 2 aliphatic heterocycles. The topological polar surface area (TPSA) is 47.5 Å². The van der Waals surface area contributed by atoms with Crippen LogP contribution in [0.2, 0.25) is 0 Å². The molecular formula is C15H23N3O2. The van der Waals surface area contributed by atoms with Gasteiger partial charge in [0.25, 0.3) is 0 Å². The van der Waals surface area contributed by atoms with E-state index in [-0.39, 0.29) is 11.7 Å². The van der Waals surface area contributed by atoms with E-state index in [4.69, 9.17) is 9.47 Å². The number of aromatic nitrogens is 2. The molecule has 2 fully saturated rings. The van der Waals surface area contributed by atoms with Gasteiger partial charge in [-0.2, -0.15) is 5.10 Å². The van der Waals surface area contributed by atoms with Gasteiger partial charge in [-0.25, -0.2) is 0 Å². The van der Waals surface area contributed by atoms with E-state index in [1.54, 1.807) is 0 Å². The molecule has 2 atom stereocenters. The van der Waals surface area contributed by atoms with E-state index in [0.717, 1.165) is 57.1 Å². The summed E-state index contributed by atoms with van der Waals surface area (Å²) >= 11 is 0. The van der Waals surface area contributed by atoms with Crippen LogP contribution in [-0.4, -0.2) is 48.2 Å². The molecule has 0 aliphatic carbocycles. The normalized spacial score (nSPS) is 30.1. The van der Waals surface area contributed by atoms with Crippen molar-refractivity contribution in [3.05, 3.63) is 17.8 Å². The zero-order chi connectivity index (χ0) is 14.0. The van der Waals surface area contributed by atoms with Crippen molar-refractivity contribution >= 4 is 5.82 Å². The van der Waals surface area contributed by atoms with Crippen molar-refractivity contribution in [2.45, 2.75) is 44.8 Å². The van der Waals surface area contributed by atoms with E-state index >= 15 is 0 Å². The highest BCUT2D eigenvalue weighted by Gasteiger charge is 2.44. The van der Waals surface area contributed by atoms with Gasteiger partial charge >= 0.3 is 0 Å². The fourth-order valence-corrected chi connectivity index (χ4v) is 3.28. The minimum atomic E-state index is -0.0509. The van der Waals surface area contributed by atoms with Gasteiger partial charge in [0.15, 0.2) is 5.82 Å². The van der Waals surface area contributed by atoms with Crippen LogP contribution in [0.25, 0.3) is 0 Å². The molecule has 0 radical (unpaired) electrons. The summed E-state index contributed by atoms with van der Waals surface area (Å²) in [7, 11) is 0. The molecule has 2 saturated heterocycles. The second-order valence-electron chi connectivity index (χ2n) is 5.83. The van der Waals surface area contributed by atoms with E-state index in [1.807, 2.05) is 19.9 Å². The highest BCUT2D eigenvalue weighted by atomic mass is 16.6. The van der Waals surface area contributed by atoms with Crippen LogP contribution in [0.5, 0.6) is 0 Å². The first-order valence-electron chi connectivity index (χ1n) is 7.52. The van der Waals surface area contributed by atoms with Crippen LogP contribution < -0.4 is 4.90 Å². The van der Waals surface area contributed by atoms with Gasteiger partial charge in [0.05, 0.1) is 24.0 Å². The molecule has 0 N–H and O–H groups in total. The number of nitrogens with zero attached hydrogens (tertiary/aromatic N) is 3. The second kappa shape index (κ2) is 5.66. The summed E-state index contributed by atoms with van der Waals surface area (Å²) in [6.45, 7) is 7.41. The Hall–Kier alpha value is -1.20. The van der Waals surface area contributed by atoms with Crippen LogP contribution in [0.1, 0.15) is 31.9 Å². The molecular weight excluding hydrogens is 254 g/mol. The molecule has 3 heterocycles. The van der Waals surface area contributed by atoms with Crippen LogP contribution in [0.4, 0.5) is 5.82 Å². The Morgan fingerprint density at radius 2 is 2.35 bits per heavy atom. The Bertz CT molecular complexity index is 451. The molecule has 5 nitrogen and oxygen atoms in total. The van der Waals surface area contributed by atoms with Gasteiger partial charge in [-0.3, -0.25) is 0 Å². The van der Waals surface area contributed by atoms with Crippen molar-refractivity contribution in [3.63, 3.8) is 0 Å². The minimum absolute atomic E-state index is 0.0509. The van der Waals surface area contributed by atoms with E-state index in [1.165, 1.54) is 0 Å². The number of hydrogen-bond donors (Lipinski definition) is 0. The Morgan fingerprint density at radius 1 is 1.45 bits per heavy atom. The molecule has 2 aliphatic rings. The molecule has 1 aromatic heterocycles. The third-order valence-electron chi connectivity index (χ3n) is 4.22. The van der Waals surface area contributed by atoms with Crippen LogP contribution in [0, 0.1) is 6.92 Å². The summed E-state index contributed by atoms with van der Waals surface area (Å²) in [4.78, 5) is 2.30. The summed E-state index contributed by atoms with van der Waals surface area (Å²) in [6.07, 6.45) is 3.50. The number of hydrogen-bond acceptors (Lipinski definition) is 5. The molecule has 0 bridgehead atoms. The van der Waals surface area contributed by atoms with Gasteiger partial charge < -0.3 is 14.4 Å². The van der Waals surface area contributed by atoms with Crippen LogP contribution in [0.15, 0.2) is 12.1 Å².